The summed E-state index contributed by atoms with van der Waals surface area (Å²) in [6.07, 6.45) is 6.75. The van der Waals surface area contributed by atoms with Gasteiger partial charge in [0.1, 0.15) is 0 Å². The van der Waals surface area contributed by atoms with Crippen molar-refractivity contribution in [3.8, 4) is 0 Å². The lowest BCUT2D eigenvalue weighted by atomic mass is 10.0. The predicted molar refractivity (Wildman–Crippen MR) is 89.9 cm³/mol. The number of amides is 3. The summed E-state index contributed by atoms with van der Waals surface area (Å²) in [5, 5.41) is 9.40. The van der Waals surface area contributed by atoms with Crippen molar-refractivity contribution >= 4 is 23.7 Å². The normalized spacial score (nSPS) is 26.4. The number of rotatable bonds is 10. The van der Waals surface area contributed by atoms with Crippen LogP contribution in [0.15, 0.2) is 0 Å². The molecule has 0 aliphatic carbocycles. The summed E-state index contributed by atoms with van der Waals surface area (Å²) in [7, 11) is 0. The highest BCUT2D eigenvalue weighted by Crippen LogP contribution is 2.33. The molecule has 2 aliphatic heterocycles. The van der Waals surface area contributed by atoms with Gasteiger partial charge in [-0.3, -0.25) is 4.79 Å². The molecule has 0 unspecified atom stereocenters. The van der Waals surface area contributed by atoms with E-state index in [9.17, 15) is 9.59 Å². The fourth-order valence-electron chi connectivity index (χ4n) is 3.04. The third kappa shape index (κ3) is 5.35. The summed E-state index contributed by atoms with van der Waals surface area (Å²) in [6, 6.07) is 0.530. The number of fused-ring (bicyclic) bond motifs is 1. The largest absolute Gasteiger partial charge is 0.356 e. The first-order valence-electron chi connectivity index (χ1n) is 8.36. The average molecular weight is 328 g/mol. The van der Waals surface area contributed by atoms with Crippen LogP contribution in [0, 0.1) is 0 Å². The lowest BCUT2D eigenvalue weighted by molar-refractivity contribution is -0.121. The summed E-state index contributed by atoms with van der Waals surface area (Å²) in [4.78, 5) is 23.0. The van der Waals surface area contributed by atoms with E-state index in [0.717, 1.165) is 57.4 Å². The van der Waals surface area contributed by atoms with E-state index in [1.165, 1.54) is 0 Å². The van der Waals surface area contributed by atoms with Crippen LogP contribution in [0.4, 0.5) is 4.79 Å². The molecule has 0 radical (unpaired) electrons. The second-order valence-corrected chi connectivity index (χ2v) is 7.34. The molecule has 0 saturated carbocycles. The van der Waals surface area contributed by atoms with Crippen LogP contribution in [-0.4, -0.2) is 48.1 Å². The Morgan fingerprint density at radius 3 is 2.91 bits per heavy atom. The lowest BCUT2D eigenvalue weighted by Crippen LogP contribution is -2.36. The Kier molecular flexibility index (Phi) is 7.32. The van der Waals surface area contributed by atoms with Gasteiger partial charge in [-0.1, -0.05) is 12.8 Å². The Morgan fingerprint density at radius 2 is 2.09 bits per heavy atom. The van der Waals surface area contributed by atoms with Crippen LogP contribution in [0.5, 0.6) is 0 Å². The molecule has 3 amide bonds. The maximum Gasteiger partial charge on any atom is 0.315 e. The summed E-state index contributed by atoms with van der Waals surface area (Å²) in [5.74, 6) is 1.15. The molecule has 0 aromatic heterocycles. The number of carbonyl (C=O) groups is 2. The van der Waals surface area contributed by atoms with Gasteiger partial charge in [0.2, 0.25) is 5.91 Å². The summed E-state index contributed by atoms with van der Waals surface area (Å²) in [6.45, 7) is 1.49. The van der Waals surface area contributed by atoms with Gasteiger partial charge in [0, 0.05) is 24.0 Å². The number of hydrogen-bond acceptors (Lipinski definition) is 4. The van der Waals surface area contributed by atoms with Crippen molar-refractivity contribution in [3.63, 3.8) is 0 Å². The number of nitrogens with two attached hydrogens (primary N) is 1. The Balaban J connectivity index is 1.49. The van der Waals surface area contributed by atoms with Crippen LogP contribution < -0.4 is 21.7 Å². The molecule has 2 aliphatic rings. The first kappa shape index (κ1) is 17.4. The predicted octanol–water partition coefficient (Wildman–Crippen LogP) is 0.957. The van der Waals surface area contributed by atoms with E-state index in [1.807, 2.05) is 11.8 Å². The standard InChI is InChI=1S/C15H28N4O2S/c16-8-4-1-5-9-17-13(20)7-3-2-6-12-14-11(10-22-12)18-15(21)19-14/h11-12,14H,1-10,16H2,(H,17,20)(H2,18,19,21)/t11-,12-,14+/m0/s1. The van der Waals surface area contributed by atoms with Crippen molar-refractivity contribution in [1.29, 1.82) is 0 Å². The molecule has 0 aromatic carbocycles. The molecule has 22 heavy (non-hydrogen) atoms. The van der Waals surface area contributed by atoms with Crippen LogP contribution >= 0.6 is 11.8 Å². The Morgan fingerprint density at radius 1 is 1.23 bits per heavy atom. The molecule has 0 bridgehead atoms. The van der Waals surface area contributed by atoms with Crippen molar-refractivity contribution in [2.45, 2.75) is 62.3 Å². The van der Waals surface area contributed by atoms with Gasteiger partial charge in [-0.2, -0.15) is 11.8 Å². The van der Waals surface area contributed by atoms with Gasteiger partial charge in [0.15, 0.2) is 0 Å². The monoisotopic (exact) mass is 328 g/mol. The maximum absolute atomic E-state index is 11.7. The Labute approximate surface area is 136 Å². The zero-order valence-electron chi connectivity index (χ0n) is 13.1. The van der Waals surface area contributed by atoms with Crippen molar-refractivity contribution in [3.05, 3.63) is 0 Å². The van der Waals surface area contributed by atoms with Crippen molar-refractivity contribution < 1.29 is 9.59 Å². The number of thioether (sulfide) groups is 1. The highest BCUT2D eigenvalue weighted by Gasteiger charge is 2.42. The van der Waals surface area contributed by atoms with Crippen LogP contribution in [0.2, 0.25) is 0 Å². The maximum atomic E-state index is 11.7. The van der Waals surface area contributed by atoms with Gasteiger partial charge in [-0.05, 0) is 32.2 Å². The fourth-order valence-corrected chi connectivity index (χ4v) is 4.58. The van der Waals surface area contributed by atoms with Gasteiger partial charge in [0.05, 0.1) is 12.1 Å². The molecule has 2 fully saturated rings. The molecule has 5 N–H and O–H groups in total. The fraction of sp³-hybridized carbons (Fsp3) is 0.867. The second-order valence-electron chi connectivity index (χ2n) is 6.07. The van der Waals surface area contributed by atoms with Crippen LogP contribution in [-0.2, 0) is 4.79 Å². The topological polar surface area (TPSA) is 96.2 Å². The van der Waals surface area contributed by atoms with Gasteiger partial charge in [-0.25, -0.2) is 4.79 Å². The van der Waals surface area contributed by atoms with E-state index < -0.39 is 0 Å². The number of nitrogens with one attached hydrogen (secondary N) is 3. The third-order valence-electron chi connectivity index (χ3n) is 4.28. The van der Waals surface area contributed by atoms with E-state index in [0.29, 0.717) is 17.7 Å². The van der Waals surface area contributed by atoms with Crippen LogP contribution in [0.1, 0.15) is 44.9 Å². The molecule has 2 saturated heterocycles. The molecule has 0 aromatic rings. The number of hydrogen-bond donors (Lipinski definition) is 4. The summed E-state index contributed by atoms with van der Waals surface area (Å²) in [5.41, 5.74) is 5.43. The van der Waals surface area contributed by atoms with E-state index in [-0.39, 0.29) is 18.0 Å². The minimum atomic E-state index is -0.0330. The van der Waals surface area contributed by atoms with Crippen LogP contribution in [0.3, 0.4) is 0 Å². The Hall–Kier alpha value is -0.950. The molecule has 6 nitrogen and oxygen atoms in total. The first-order valence-corrected chi connectivity index (χ1v) is 9.41. The van der Waals surface area contributed by atoms with Crippen molar-refractivity contribution in [2.75, 3.05) is 18.8 Å². The van der Waals surface area contributed by atoms with E-state index in [4.69, 9.17) is 5.73 Å². The van der Waals surface area contributed by atoms with Crippen molar-refractivity contribution in [2.24, 2.45) is 5.73 Å². The highest BCUT2D eigenvalue weighted by molar-refractivity contribution is 8.00. The van der Waals surface area contributed by atoms with Gasteiger partial charge < -0.3 is 21.7 Å². The number of carbonyl (C=O) groups excluding carboxylic acids is 2. The SMILES string of the molecule is NCCCCCNC(=O)CCCC[C@@H]1SC[C@@H]2NC(=O)N[C@H]21. The second kappa shape index (κ2) is 9.25. The molecule has 2 rings (SSSR count). The quantitative estimate of drug-likeness (QED) is 0.355. The summed E-state index contributed by atoms with van der Waals surface area (Å²) >= 11 is 1.93. The van der Waals surface area contributed by atoms with Gasteiger partial charge in [0.25, 0.3) is 0 Å². The van der Waals surface area contributed by atoms with Gasteiger partial charge >= 0.3 is 6.03 Å². The highest BCUT2D eigenvalue weighted by atomic mass is 32.2. The van der Waals surface area contributed by atoms with E-state index in [2.05, 4.69) is 16.0 Å². The summed E-state index contributed by atoms with van der Waals surface area (Å²) < 4.78 is 0. The number of unbranched alkanes of at least 4 members (excludes halogenated alkanes) is 3. The zero-order chi connectivity index (χ0) is 15.8. The van der Waals surface area contributed by atoms with Gasteiger partial charge in [-0.15, -0.1) is 0 Å². The molecule has 0 spiro atoms. The molecule has 126 valence electrons. The number of urea groups is 1. The molecular weight excluding hydrogens is 300 g/mol. The molecule has 2 heterocycles. The van der Waals surface area contributed by atoms with Crippen LogP contribution in [0.25, 0.3) is 0 Å². The minimum Gasteiger partial charge on any atom is -0.356 e. The molecular formula is C15H28N4O2S. The average Bonchev–Trinajstić information content (AvgIpc) is 3.03. The minimum absolute atomic E-state index is 0.0330. The lowest BCUT2D eigenvalue weighted by Gasteiger charge is -2.16. The zero-order valence-corrected chi connectivity index (χ0v) is 13.9. The molecule has 3 atom stereocenters. The molecule has 7 heteroatoms. The van der Waals surface area contributed by atoms with Crippen molar-refractivity contribution in [1.82, 2.24) is 16.0 Å². The van der Waals surface area contributed by atoms with E-state index >= 15 is 0 Å². The smallest absolute Gasteiger partial charge is 0.315 e. The first-order chi connectivity index (χ1) is 10.7. The van der Waals surface area contributed by atoms with E-state index in [1.54, 1.807) is 0 Å². The Bertz CT molecular complexity index is 381. The third-order valence-corrected chi connectivity index (χ3v) is 5.79.